The van der Waals surface area contributed by atoms with Crippen LogP contribution in [0.15, 0.2) is 78.9 Å². The highest BCUT2D eigenvalue weighted by Crippen LogP contribution is 2.17. The molecule has 0 radical (unpaired) electrons. The Labute approximate surface area is 170 Å². The fraction of sp³-hybridized carbons (Fsp3) is 0.167. The summed E-state index contributed by atoms with van der Waals surface area (Å²) in [7, 11) is 0. The van der Waals surface area contributed by atoms with Gasteiger partial charge in [0.15, 0.2) is 6.61 Å². The average Bonchev–Trinajstić information content (AvgIpc) is 2.74. The number of ether oxygens (including phenoxy) is 1. The minimum Gasteiger partial charge on any atom is -0.483 e. The zero-order chi connectivity index (χ0) is 20.6. The van der Waals surface area contributed by atoms with Crippen LogP contribution >= 0.6 is 0 Å². The summed E-state index contributed by atoms with van der Waals surface area (Å²) >= 11 is 0. The fourth-order valence-corrected chi connectivity index (χ4v) is 2.90. The molecule has 2 amide bonds. The van der Waals surface area contributed by atoms with Gasteiger partial charge in [-0.3, -0.25) is 9.59 Å². The van der Waals surface area contributed by atoms with Crippen LogP contribution in [0, 0.1) is 6.92 Å². The molecule has 0 spiro atoms. The standard InChI is InChI=1S/C24H24N2O3/c1-17-9-6-7-14-22(17)29-16-23(27)26-21-13-8-12-20(15-21)24(28)25-18(2)19-10-4-3-5-11-19/h3-15,18H,16H2,1-2H3,(H,25,28)(H,26,27). The largest absolute Gasteiger partial charge is 0.483 e. The number of hydrogen-bond acceptors (Lipinski definition) is 3. The fourth-order valence-electron chi connectivity index (χ4n) is 2.90. The first-order chi connectivity index (χ1) is 14.0. The van der Waals surface area contributed by atoms with E-state index in [9.17, 15) is 9.59 Å². The maximum absolute atomic E-state index is 12.6. The summed E-state index contributed by atoms with van der Waals surface area (Å²) in [5, 5.41) is 5.74. The molecule has 29 heavy (non-hydrogen) atoms. The second-order valence-corrected chi connectivity index (χ2v) is 6.79. The number of para-hydroxylation sites is 1. The number of carbonyl (C=O) groups excluding carboxylic acids is 2. The van der Waals surface area contributed by atoms with E-state index >= 15 is 0 Å². The lowest BCUT2D eigenvalue weighted by Crippen LogP contribution is -2.27. The van der Waals surface area contributed by atoms with Crippen molar-refractivity contribution in [3.8, 4) is 5.75 Å². The zero-order valence-corrected chi connectivity index (χ0v) is 16.5. The number of rotatable bonds is 7. The highest BCUT2D eigenvalue weighted by atomic mass is 16.5. The van der Waals surface area contributed by atoms with Gasteiger partial charge in [0.1, 0.15) is 5.75 Å². The van der Waals surface area contributed by atoms with Gasteiger partial charge in [-0.2, -0.15) is 0 Å². The SMILES string of the molecule is Cc1ccccc1OCC(=O)Nc1cccc(C(=O)NC(C)c2ccccc2)c1. The molecule has 148 valence electrons. The van der Waals surface area contributed by atoms with Crippen LogP contribution in [0.2, 0.25) is 0 Å². The molecule has 5 heteroatoms. The monoisotopic (exact) mass is 388 g/mol. The van der Waals surface area contributed by atoms with Crippen molar-refractivity contribution in [2.75, 3.05) is 11.9 Å². The third kappa shape index (κ3) is 5.69. The summed E-state index contributed by atoms with van der Waals surface area (Å²) in [4.78, 5) is 24.8. The van der Waals surface area contributed by atoms with E-state index in [-0.39, 0.29) is 24.5 Å². The van der Waals surface area contributed by atoms with Gasteiger partial charge in [-0.1, -0.05) is 54.6 Å². The quantitative estimate of drug-likeness (QED) is 0.626. The van der Waals surface area contributed by atoms with Gasteiger partial charge in [-0.25, -0.2) is 0 Å². The molecule has 0 aliphatic rings. The Bertz CT molecular complexity index is 986. The van der Waals surface area contributed by atoms with Crippen molar-refractivity contribution < 1.29 is 14.3 Å². The maximum Gasteiger partial charge on any atom is 0.262 e. The molecule has 0 saturated heterocycles. The van der Waals surface area contributed by atoms with Gasteiger partial charge in [-0.05, 0) is 49.2 Å². The van der Waals surface area contributed by atoms with Crippen molar-refractivity contribution in [1.29, 1.82) is 0 Å². The normalized spacial score (nSPS) is 11.4. The third-order valence-corrected chi connectivity index (χ3v) is 4.51. The van der Waals surface area contributed by atoms with E-state index in [0.717, 1.165) is 11.1 Å². The second kappa shape index (κ2) is 9.55. The van der Waals surface area contributed by atoms with Gasteiger partial charge < -0.3 is 15.4 Å². The molecule has 0 heterocycles. The predicted octanol–water partition coefficient (Wildman–Crippen LogP) is 4.50. The lowest BCUT2D eigenvalue weighted by atomic mass is 10.1. The topological polar surface area (TPSA) is 67.4 Å². The molecular formula is C24H24N2O3. The minimum atomic E-state index is -0.288. The number of benzene rings is 3. The van der Waals surface area contributed by atoms with Crippen molar-refractivity contribution in [1.82, 2.24) is 5.32 Å². The summed E-state index contributed by atoms with van der Waals surface area (Å²) in [6.07, 6.45) is 0. The highest BCUT2D eigenvalue weighted by molar-refractivity contribution is 5.97. The third-order valence-electron chi connectivity index (χ3n) is 4.51. The van der Waals surface area contributed by atoms with E-state index in [2.05, 4.69) is 10.6 Å². The Kier molecular flexibility index (Phi) is 6.63. The summed E-state index contributed by atoms with van der Waals surface area (Å²) in [6, 6.07) is 24.0. The Balaban J connectivity index is 1.58. The van der Waals surface area contributed by atoms with Crippen molar-refractivity contribution in [2.24, 2.45) is 0 Å². The highest BCUT2D eigenvalue weighted by Gasteiger charge is 2.12. The molecule has 0 aliphatic heterocycles. The molecule has 3 aromatic rings. The Morgan fingerprint density at radius 3 is 2.41 bits per heavy atom. The van der Waals surface area contributed by atoms with E-state index in [0.29, 0.717) is 17.0 Å². The predicted molar refractivity (Wildman–Crippen MR) is 114 cm³/mol. The Hall–Kier alpha value is -3.60. The number of aryl methyl sites for hydroxylation is 1. The first kappa shape index (κ1) is 20.1. The van der Waals surface area contributed by atoms with Crippen molar-refractivity contribution in [3.63, 3.8) is 0 Å². The average molecular weight is 388 g/mol. The molecule has 1 unspecified atom stereocenters. The van der Waals surface area contributed by atoms with Gasteiger partial charge in [0.2, 0.25) is 0 Å². The van der Waals surface area contributed by atoms with Crippen molar-refractivity contribution in [2.45, 2.75) is 19.9 Å². The molecule has 0 saturated carbocycles. The van der Waals surface area contributed by atoms with Gasteiger partial charge in [-0.15, -0.1) is 0 Å². The van der Waals surface area contributed by atoms with Crippen LogP contribution in [0.5, 0.6) is 5.75 Å². The Morgan fingerprint density at radius 1 is 0.931 bits per heavy atom. The molecule has 3 aromatic carbocycles. The van der Waals surface area contributed by atoms with E-state index in [4.69, 9.17) is 4.74 Å². The van der Waals surface area contributed by atoms with E-state index in [1.807, 2.05) is 68.4 Å². The second-order valence-electron chi connectivity index (χ2n) is 6.79. The number of carbonyl (C=O) groups is 2. The van der Waals surface area contributed by atoms with Crippen LogP contribution in [0.3, 0.4) is 0 Å². The lowest BCUT2D eigenvalue weighted by molar-refractivity contribution is -0.118. The molecule has 3 rings (SSSR count). The summed E-state index contributed by atoms with van der Waals surface area (Å²) in [6.45, 7) is 3.75. The maximum atomic E-state index is 12.6. The summed E-state index contributed by atoms with van der Waals surface area (Å²) < 4.78 is 5.56. The van der Waals surface area contributed by atoms with Gasteiger partial charge >= 0.3 is 0 Å². The summed E-state index contributed by atoms with van der Waals surface area (Å²) in [5.74, 6) is 0.183. The first-order valence-corrected chi connectivity index (χ1v) is 9.47. The minimum absolute atomic E-state index is 0.105. The van der Waals surface area contributed by atoms with Crippen LogP contribution < -0.4 is 15.4 Å². The van der Waals surface area contributed by atoms with Crippen LogP contribution in [-0.2, 0) is 4.79 Å². The lowest BCUT2D eigenvalue weighted by Gasteiger charge is -2.15. The van der Waals surface area contributed by atoms with E-state index in [1.165, 1.54) is 0 Å². The van der Waals surface area contributed by atoms with Crippen LogP contribution in [0.1, 0.15) is 34.5 Å². The van der Waals surface area contributed by atoms with E-state index in [1.54, 1.807) is 24.3 Å². The zero-order valence-electron chi connectivity index (χ0n) is 16.5. The smallest absolute Gasteiger partial charge is 0.262 e. The van der Waals surface area contributed by atoms with Crippen molar-refractivity contribution >= 4 is 17.5 Å². The van der Waals surface area contributed by atoms with Gasteiger partial charge in [0.25, 0.3) is 11.8 Å². The molecule has 0 aliphatic carbocycles. The van der Waals surface area contributed by atoms with Gasteiger partial charge in [0, 0.05) is 11.3 Å². The molecular weight excluding hydrogens is 364 g/mol. The number of anilines is 1. The summed E-state index contributed by atoms with van der Waals surface area (Å²) in [5.41, 5.74) is 3.01. The van der Waals surface area contributed by atoms with Crippen LogP contribution in [0.4, 0.5) is 5.69 Å². The van der Waals surface area contributed by atoms with Crippen LogP contribution in [0.25, 0.3) is 0 Å². The van der Waals surface area contributed by atoms with E-state index < -0.39 is 0 Å². The molecule has 5 nitrogen and oxygen atoms in total. The molecule has 0 bridgehead atoms. The molecule has 0 fully saturated rings. The van der Waals surface area contributed by atoms with Crippen molar-refractivity contribution in [3.05, 3.63) is 95.6 Å². The Morgan fingerprint density at radius 2 is 1.66 bits per heavy atom. The molecule has 0 aromatic heterocycles. The molecule has 2 N–H and O–H groups in total. The first-order valence-electron chi connectivity index (χ1n) is 9.47. The number of nitrogens with one attached hydrogen (secondary N) is 2. The van der Waals surface area contributed by atoms with Crippen LogP contribution in [-0.4, -0.2) is 18.4 Å². The number of hydrogen-bond donors (Lipinski definition) is 2. The number of amides is 2. The molecule has 1 atom stereocenters. The van der Waals surface area contributed by atoms with Gasteiger partial charge in [0.05, 0.1) is 6.04 Å².